The molecule has 1 fully saturated rings. The van der Waals surface area contributed by atoms with Gasteiger partial charge in [-0.15, -0.1) is 0 Å². The molecule has 1 heterocycles. The van der Waals surface area contributed by atoms with Crippen LogP contribution in [0.1, 0.15) is 48.0 Å². The molecule has 168 valence electrons. The number of halogens is 1. The number of thioether (sulfide) groups is 1. The second-order valence-electron chi connectivity index (χ2n) is 8.28. The number of carbonyl (C=O) groups is 1. The zero-order valence-corrected chi connectivity index (χ0v) is 20.2. The van der Waals surface area contributed by atoms with Crippen molar-refractivity contribution < 1.29 is 4.79 Å². The van der Waals surface area contributed by atoms with E-state index in [1.165, 1.54) is 32.1 Å². The van der Waals surface area contributed by atoms with Crippen LogP contribution in [0, 0.1) is 0 Å². The number of hydrogen-bond donors (Lipinski definition) is 1. The first-order valence-corrected chi connectivity index (χ1v) is 12.2. The molecule has 1 amide bonds. The Kier molecular flexibility index (Phi) is 8.99. The minimum Gasteiger partial charge on any atom is -0.357 e. The van der Waals surface area contributed by atoms with Crippen molar-refractivity contribution in [1.82, 2.24) is 20.2 Å². The lowest BCUT2D eigenvalue weighted by Gasteiger charge is -2.32. The molecule has 1 saturated carbocycles. The number of carbonyl (C=O) groups excluding carboxylic acids is 1. The number of nitrogens with zero attached hydrogens (tertiary/aromatic N) is 4. The fourth-order valence-corrected chi connectivity index (χ4v) is 4.72. The van der Waals surface area contributed by atoms with Crippen molar-refractivity contribution in [3.05, 3.63) is 46.6 Å². The predicted molar refractivity (Wildman–Crippen MR) is 129 cm³/mol. The first-order chi connectivity index (χ1) is 14.9. The van der Waals surface area contributed by atoms with Crippen LogP contribution in [0.3, 0.4) is 0 Å². The average molecular weight is 462 g/mol. The number of likely N-dealkylation sites (N-methyl/N-ethyl adjacent to an activating group) is 1. The summed E-state index contributed by atoms with van der Waals surface area (Å²) in [5.41, 5.74) is 1.78. The Morgan fingerprint density at radius 2 is 1.84 bits per heavy atom. The summed E-state index contributed by atoms with van der Waals surface area (Å²) in [6, 6.07) is 10.1. The topological polar surface area (TPSA) is 61.4 Å². The second kappa shape index (κ2) is 11.7. The molecular weight excluding hydrogens is 430 g/mol. The molecule has 0 atom stereocenters. The molecule has 1 aliphatic rings. The average Bonchev–Trinajstić information content (AvgIpc) is 2.77. The molecule has 2 aromatic rings. The maximum atomic E-state index is 12.2. The lowest BCUT2D eigenvalue weighted by atomic mass is 9.94. The quantitative estimate of drug-likeness (QED) is 0.337. The van der Waals surface area contributed by atoms with Gasteiger partial charge in [0.2, 0.25) is 0 Å². The Labute approximate surface area is 194 Å². The molecular formula is C23H32ClN5OS. The van der Waals surface area contributed by atoms with Gasteiger partial charge in [-0.2, -0.15) is 0 Å². The summed E-state index contributed by atoms with van der Waals surface area (Å²) in [6.45, 7) is 1.45. The van der Waals surface area contributed by atoms with Crippen LogP contribution in [0.2, 0.25) is 5.15 Å². The molecule has 31 heavy (non-hydrogen) atoms. The third kappa shape index (κ3) is 7.37. The van der Waals surface area contributed by atoms with E-state index in [1.54, 1.807) is 11.8 Å². The summed E-state index contributed by atoms with van der Waals surface area (Å²) in [5.74, 6) is 1.56. The molecule has 1 aromatic heterocycles. The number of nitrogens with one attached hydrogen (secondary N) is 1. The number of hydrogen-bond acceptors (Lipinski definition) is 6. The Bertz CT molecular complexity index is 856. The van der Waals surface area contributed by atoms with Crippen molar-refractivity contribution in [2.24, 2.45) is 0 Å². The Balaban J connectivity index is 1.57. The molecule has 1 N–H and O–H groups in total. The van der Waals surface area contributed by atoms with Crippen LogP contribution >= 0.6 is 23.4 Å². The van der Waals surface area contributed by atoms with Crippen molar-refractivity contribution >= 4 is 35.1 Å². The van der Waals surface area contributed by atoms with Crippen molar-refractivity contribution in [1.29, 1.82) is 0 Å². The SMILES string of the molecule is CN(C)CCNC(=O)c1ccc(CSc2nc(Cl)cc(N(C)C3CCCCC3)n2)cc1. The molecule has 6 nitrogen and oxygen atoms in total. The summed E-state index contributed by atoms with van der Waals surface area (Å²) in [6.07, 6.45) is 6.29. The highest BCUT2D eigenvalue weighted by Gasteiger charge is 2.20. The summed E-state index contributed by atoms with van der Waals surface area (Å²) >= 11 is 7.85. The van der Waals surface area contributed by atoms with Crippen LogP contribution < -0.4 is 10.2 Å². The fourth-order valence-electron chi connectivity index (χ4n) is 3.68. The van der Waals surface area contributed by atoms with Gasteiger partial charge < -0.3 is 15.1 Å². The highest BCUT2D eigenvalue weighted by atomic mass is 35.5. The zero-order chi connectivity index (χ0) is 22.2. The van der Waals surface area contributed by atoms with E-state index in [2.05, 4.69) is 22.2 Å². The van der Waals surface area contributed by atoms with Gasteiger partial charge in [-0.3, -0.25) is 4.79 Å². The molecule has 0 radical (unpaired) electrons. The molecule has 0 spiro atoms. The van der Waals surface area contributed by atoms with Gasteiger partial charge in [-0.05, 0) is 44.6 Å². The summed E-state index contributed by atoms with van der Waals surface area (Å²) in [5, 5.41) is 4.08. The van der Waals surface area contributed by atoms with Crippen molar-refractivity contribution in [3.63, 3.8) is 0 Å². The monoisotopic (exact) mass is 461 g/mol. The van der Waals surface area contributed by atoms with E-state index in [-0.39, 0.29) is 5.91 Å². The number of anilines is 1. The van der Waals surface area contributed by atoms with Gasteiger partial charge in [-0.25, -0.2) is 9.97 Å². The lowest BCUT2D eigenvalue weighted by molar-refractivity contribution is 0.0951. The Hall–Kier alpha value is -1.83. The van der Waals surface area contributed by atoms with E-state index in [0.717, 1.165) is 23.7 Å². The number of rotatable bonds is 9. The van der Waals surface area contributed by atoms with Crippen molar-refractivity contribution in [2.75, 3.05) is 39.1 Å². The van der Waals surface area contributed by atoms with Crippen LogP contribution in [0.15, 0.2) is 35.5 Å². The molecule has 3 rings (SSSR count). The van der Waals surface area contributed by atoms with Gasteiger partial charge in [0.05, 0.1) is 0 Å². The van der Waals surface area contributed by atoms with Crippen LogP contribution in [0.4, 0.5) is 5.82 Å². The molecule has 8 heteroatoms. The van der Waals surface area contributed by atoms with Crippen LogP contribution in [-0.2, 0) is 5.75 Å². The van der Waals surface area contributed by atoms with E-state index < -0.39 is 0 Å². The summed E-state index contributed by atoms with van der Waals surface area (Å²) < 4.78 is 0. The number of aromatic nitrogens is 2. The van der Waals surface area contributed by atoms with Gasteiger partial charge in [0.15, 0.2) is 5.16 Å². The predicted octanol–water partition coefficient (Wildman–Crippen LogP) is 4.48. The third-order valence-electron chi connectivity index (χ3n) is 5.57. The van der Waals surface area contributed by atoms with E-state index in [9.17, 15) is 4.79 Å². The largest absolute Gasteiger partial charge is 0.357 e. The zero-order valence-electron chi connectivity index (χ0n) is 18.6. The van der Waals surface area contributed by atoms with E-state index in [4.69, 9.17) is 16.6 Å². The molecule has 0 aliphatic heterocycles. The van der Waals surface area contributed by atoms with E-state index >= 15 is 0 Å². The normalized spacial score (nSPS) is 14.6. The van der Waals surface area contributed by atoms with E-state index in [1.807, 2.05) is 49.3 Å². The molecule has 1 aliphatic carbocycles. The van der Waals surface area contributed by atoms with Crippen LogP contribution in [0.5, 0.6) is 0 Å². The van der Waals surface area contributed by atoms with Gasteiger partial charge in [-0.1, -0.05) is 54.8 Å². The first-order valence-electron chi connectivity index (χ1n) is 10.8. The fraction of sp³-hybridized carbons (Fsp3) is 0.522. The van der Waals surface area contributed by atoms with Gasteiger partial charge in [0, 0.05) is 43.6 Å². The van der Waals surface area contributed by atoms with Gasteiger partial charge in [0.25, 0.3) is 5.91 Å². The highest BCUT2D eigenvalue weighted by Crippen LogP contribution is 2.28. The minimum atomic E-state index is -0.0466. The maximum absolute atomic E-state index is 12.2. The smallest absolute Gasteiger partial charge is 0.251 e. The Morgan fingerprint density at radius 3 is 2.52 bits per heavy atom. The second-order valence-corrected chi connectivity index (χ2v) is 9.61. The van der Waals surface area contributed by atoms with Crippen LogP contribution in [-0.4, -0.2) is 61.0 Å². The summed E-state index contributed by atoms with van der Waals surface area (Å²) in [4.78, 5) is 25.6. The van der Waals surface area contributed by atoms with Gasteiger partial charge >= 0.3 is 0 Å². The van der Waals surface area contributed by atoms with Crippen LogP contribution in [0.25, 0.3) is 0 Å². The molecule has 0 unspecified atom stereocenters. The number of amides is 1. The molecule has 1 aromatic carbocycles. The highest BCUT2D eigenvalue weighted by molar-refractivity contribution is 7.98. The lowest BCUT2D eigenvalue weighted by Crippen LogP contribution is -2.34. The third-order valence-corrected chi connectivity index (χ3v) is 6.69. The van der Waals surface area contributed by atoms with Crippen molar-refractivity contribution in [2.45, 2.75) is 49.1 Å². The standard InChI is InChI=1S/C23H32ClN5OS/c1-28(2)14-13-25-22(30)18-11-9-17(10-12-18)16-31-23-26-20(24)15-21(27-23)29(3)19-7-5-4-6-8-19/h9-12,15,19H,4-8,13-14,16H2,1-3H3,(H,25,30). The number of benzene rings is 1. The maximum Gasteiger partial charge on any atom is 0.251 e. The van der Waals surface area contributed by atoms with Crippen molar-refractivity contribution in [3.8, 4) is 0 Å². The van der Waals surface area contributed by atoms with Gasteiger partial charge in [0.1, 0.15) is 11.0 Å². The molecule has 0 saturated heterocycles. The van der Waals surface area contributed by atoms with E-state index in [0.29, 0.717) is 28.5 Å². The first kappa shape index (κ1) is 23.8. The summed E-state index contributed by atoms with van der Waals surface area (Å²) in [7, 11) is 6.07. The Morgan fingerprint density at radius 1 is 1.13 bits per heavy atom. The minimum absolute atomic E-state index is 0.0466. The molecule has 0 bridgehead atoms.